The molecule has 5 rings (SSSR count). The number of hydrogen-bond acceptors (Lipinski definition) is 5. The molecule has 2 fully saturated rings. The highest BCUT2D eigenvalue weighted by atomic mass is 16.5. The summed E-state index contributed by atoms with van der Waals surface area (Å²) < 4.78 is 5.73. The van der Waals surface area contributed by atoms with E-state index < -0.39 is 0 Å². The van der Waals surface area contributed by atoms with Crippen molar-refractivity contribution in [1.82, 2.24) is 10.2 Å². The van der Waals surface area contributed by atoms with Gasteiger partial charge in [-0.1, -0.05) is 62.9 Å². The SMILES string of the molecule is CCCCOc1ccc(C(=O)Nc2ccc(N3CCN(Cc4ccccc4)CC3)c(C(=O)NC3CCCCC3)c2)cc1. The smallest absolute Gasteiger partial charge is 0.255 e. The maximum Gasteiger partial charge on any atom is 0.255 e. The predicted molar refractivity (Wildman–Crippen MR) is 170 cm³/mol. The first-order valence-corrected chi connectivity index (χ1v) is 15.6. The number of unbranched alkanes of at least 4 members (excludes halogenated alkanes) is 1. The van der Waals surface area contributed by atoms with E-state index >= 15 is 0 Å². The highest BCUT2D eigenvalue weighted by Crippen LogP contribution is 2.28. The zero-order valence-corrected chi connectivity index (χ0v) is 24.8. The first-order valence-electron chi connectivity index (χ1n) is 15.6. The van der Waals surface area contributed by atoms with Crippen molar-refractivity contribution in [2.24, 2.45) is 0 Å². The first kappa shape index (κ1) is 29.6. The number of carbonyl (C=O) groups excluding carboxylic acids is 2. The molecule has 7 nitrogen and oxygen atoms in total. The molecule has 0 radical (unpaired) electrons. The van der Waals surface area contributed by atoms with Gasteiger partial charge in [0.2, 0.25) is 0 Å². The molecule has 1 aliphatic heterocycles. The number of rotatable bonds is 11. The van der Waals surface area contributed by atoms with E-state index in [1.165, 1.54) is 12.0 Å². The number of nitrogens with zero attached hydrogens (tertiary/aromatic N) is 2. The molecular formula is C35H44N4O3. The molecule has 1 aliphatic carbocycles. The molecular weight excluding hydrogens is 524 g/mol. The van der Waals surface area contributed by atoms with Crippen LogP contribution >= 0.6 is 0 Å². The van der Waals surface area contributed by atoms with Crippen molar-refractivity contribution < 1.29 is 14.3 Å². The standard InChI is InChI=1S/C35H44N4O3/c1-2-3-24-42-31-17-14-28(15-18-31)34(40)37-30-16-19-33(32(25-30)35(41)36-29-12-8-5-9-13-29)39-22-20-38(21-23-39)26-27-10-6-4-7-11-27/h4,6-7,10-11,14-19,25,29H,2-3,5,8-9,12-13,20-24,26H2,1H3,(H,36,41)(H,37,40). The lowest BCUT2D eigenvalue weighted by Crippen LogP contribution is -2.46. The molecule has 2 amide bonds. The molecule has 2 N–H and O–H groups in total. The number of hydrogen-bond donors (Lipinski definition) is 2. The molecule has 222 valence electrons. The molecule has 1 saturated heterocycles. The molecule has 0 spiro atoms. The van der Waals surface area contributed by atoms with E-state index in [9.17, 15) is 9.59 Å². The largest absolute Gasteiger partial charge is 0.494 e. The fourth-order valence-corrected chi connectivity index (χ4v) is 5.81. The molecule has 1 heterocycles. The molecule has 0 bridgehead atoms. The Kier molecular flexibility index (Phi) is 10.5. The van der Waals surface area contributed by atoms with E-state index in [2.05, 4.69) is 51.6 Å². The normalized spacial score (nSPS) is 16.2. The molecule has 0 unspecified atom stereocenters. The van der Waals surface area contributed by atoms with Crippen LogP contribution in [0.3, 0.4) is 0 Å². The number of amides is 2. The summed E-state index contributed by atoms with van der Waals surface area (Å²) in [5.41, 5.74) is 4.02. The maximum absolute atomic E-state index is 13.7. The summed E-state index contributed by atoms with van der Waals surface area (Å²) in [7, 11) is 0. The van der Waals surface area contributed by atoms with Crippen LogP contribution < -0.4 is 20.3 Å². The second-order valence-electron chi connectivity index (χ2n) is 11.5. The lowest BCUT2D eigenvalue weighted by atomic mass is 9.95. The third-order valence-corrected chi connectivity index (χ3v) is 8.28. The van der Waals surface area contributed by atoms with E-state index in [0.717, 1.165) is 82.7 Å². The van der Waals surface area contributed by atoms with Gasteiger partial charge in [0.15, 0.2) is 0 Å². The summed E-state index contributed by atoms with van der Waals surface area (Å²) in [6, 6.07) is 23.7. The Morgan fingerprint density at radius 3 is 2.31 bits per heavy atom. The zero-order valence-electron chi connectivity index (χ0n) is 24.8. The Labute approximate surface area is 250 Å². The van der Waals surface area contributed by atoms with Gasteiger partial charge < -0.3 is 20.3 Å². The lowest BCUT2D eigenvalue weighted by Gasteiger charge is -2.37. The van der Waals surface area contributed by atoms with Gasteiger partial charge in [0, 0.05) is 55.7 Å². The van der Waals surface area contributed by atoms with Gasteiger partial charge in [-0.3, -0.25) is 14.5 Å². The summed E-state index contributed by atoms with van der Waals surface area (Å²) in [6.45, 7) is 7.26. The van der Waals surface area contributed by atoms with Crippen LogP contribution in [0.2, 0.25) is 0 Å². The summed E-state index contributed by atoms with van der Waals surface area (Å²) >= 11 is 0. The second kappa shape index (κ2) is 14.9. The fraction of sp³-hybridized carbons (Fsp3) is 0.429. The third kappa shape index (κ3) is 8.13. The van der Waals surface area contributed by atoms with Crippen molar-refractivity contribution in [1.29, 1.82) is 0 Å². The van der Waals surface area contributed by atoms with Crippen molar-refractivity contribution in [3.63, 3.8) is 0 Å². The van der Waals surface area contributed by atoms with Gasteiger partial charge >= 0.3 is 0 Å². The molecule has 3 aromatic carbocycles. The van der Waals surface area contributed by atoms with Crippen LogP contribution in [0.5, 0.6) is 5.75 Å². The van der Waals surface area contributed by atoms with Crippen LogP contribution in [0.15, 0.2) is 72.8 Å². The number of nitrogens with one attached hydrogen (secondary N) is 2. The van der Waals surface area contributed by atoms with Crippen LogP contribution in [0.4, 0.5) is 11.4 Å². The monoisotopic (exact) mass is 568 g/mol. The van der Waals surface area contributed by atoms with Gasteiger partial charge in [-0.15, -0.1) is 0 Å². The Morgan fingerprint density at radius 2 is 1.60 bits per heavy atom. The van der Waals surface area contributed by atoms with Gasteiger partial charge in [-0.2, -0.15) is 0 Å². The van der Waals surface area contributed by atoms with E-state index in [4.69, 9.17) is 4.74 Å². The highest BCUT2D eigenvalue weighted by molar-refractivity contribution is 6.06. The Bertz CT molecular complexity index is 1300. The fourth-order valence-electron chi connectivity index (χ4n) is 5.81. The van der Waals surface area contributed by atoms with Crippen molar-refractivity contribution >= 4 is 23.2 Å². The van der Waals surface area contributed by atoms with Crippen LogP contribution in [-0.2, 0) is 6.54 Å². The number of anilines is 2. The Hall–Kier alpha value is -3.84. The van der Waals surface area contributed by atoms with Gasteiger partial charge in [-0.25, -0.2) is 0 Å². The van der Waals surface area contributed by atoms with Gasteiger partial charge in [-0.05, 0) is 67.3 Å². The molecule has 3 aromatic rings. The van der Waals surface area contributed by atoms with E-state index in [0.29, 0.717) is 23.4 Å². The summed E-state index contributed by atoms with van der Waals surface area (Å²) in [4.78, 5) is 31.5. The minimum atomic E-state index is -0.212. The number of ether oxygens (including phenoxy) is 1. The summed E-state index contributed by atoms with van der Waals surface area (Å²) in [5, 5.41) is 6.30. The average Bonchev–Trinajstić information content (AvgIpc) is 3.03. The molecule has 1 saturated carbocycles. The van der Waals surface area contributed by atoms with E-state index in [-0.39, 0.29) is 17.9 Å². The topological polar surface area (TPSA) is 73.9 Å². The van der Waals surface area contributed by atoms with Crippen LogP contribution in [0, 0.1) is 0 Å². The second-order valence-corrected chi connectivity index (χ2v) is 11.5. The first-order chi connectivity index (χ1) is 20.6. The third-order valence-electron chi connectivity index (χ3n) is 8.28. The molecule has 42 heavy (non-hydrogen) atoms. The predicted octanol–water partition coefficient (Wildman–Crippen LogP) is 6.50. The van der Waals surface area contributed by atoms with Crippen LogP contribution in [0.1, 0.15) is 78.1 Å². The van der Waals surface area contributed by atoms with Crippen LogP contribution in [0.25, 0.3) is 0 Å². The van der Waals surface area contributed by atoms with Gasteiger partial charge in [0.05, 0.1) is 12.2 Å². The zero-order chi connectivity index (χ0) is 29.1. The summed E-state index contributed by atoms with van der Waals surface area (Å²) in [5.74, 6) is 0.485. The van der Waals surface area contributed by atoms with Gasteiger partial charge in [0.1, 0.15) is 5.75 Å². The maximum atomic E-state index is 13.7. The van der Waals surface area contributed by atoms with Gasteiger partial charge in [0.25, 0.3) is 11.8 Å². The van der Waals surface area contributed by atoms with Crippen molar-refractivity contribution in [2.75, 3.05) is 43.0 Å². The molecule has 2 aliphatic rings. The minimum Gasteiger partial charge on any atom is -0.494 e. The van der Waals surface area contributed by atoms with Crippen molar-refractivity contribution in [2.45, 2.75) is 64.5 Å². The van der Waals surface area contributed by atoms with Crippen LogP contribution in [-0.4, -0.2) is 55.5 Å². The highest BCUT2D eigenvalue weighted by Gasteiger charge is 2.24. The number of piperazine rings is 1. The Balaban J connectivity index is 1.28. The Morgan fingerprint density at radius 1 is 0.857 bits per heavy atom. The molecule has 7 heteroatoms. The van der Waals surface area contributed by atoms with Crippen molar-refractivity contribution in [3.05, 3.63) is 89.5 Å². The quantitative estimate of drug-likeness (QED) is 0.258. The van der Waals surface area contributed by atoms with E-state index in [1.807, 2.05) is 36.4 Å². The molecule has 0 aromatic heterocycles. The minimum absolute atomic E-state index is 0.0618. The van der Waals surface area contributed by atoms with Crippen molar-refractivity contribution in [3.8, 4) is 5.75 Å². The lowest BCUT2D eigenvalue weighted by molar-refractivity contribution is 0.0927. The number of carbonyl (C=O) groups is 2. The molecule has 0 atom stereocenters. The van der Waals surface area contributed by atoms with E-state index in [1.54, 1.807) is 12.1 Å². The average molecular weight is 569 g/mol. The summed E-state index contributed by atoms with van der Waals surface area (Å²) in [6.07, 6.45) is 7.65. The number of benzene rings is 3.